The number of aromatic nitrogens is 4. The van der Waals surface area contributed by atoms with Crippen LogP contribution in [0.25, 0.3) is 0 Å². The number of aryl methyl sites for hydroxylation is 1. The van der Waals surface area contributed by atoms with E-state index in [0.29, 0.717) is 19.0 Å². The first kappa shape index (κ1) is 14.3. The van der Waals surface area contributed by atoms with Crippen LogP contribution in [-0.4, -0.2) is 25.2 Å². The average molecular weight is 275 g/mol. The Labute approximate surface area is 118 Å². The molecule has 2 aromatic rings. The van der Waals surface area contributed by atoms with Gasteiger partial charge in [0.15, 0.2) is 0 Å². The first-order valence-electron chi connectivity index (χ1n) is 6.92. The fourth-order valence-corrected chi connectivity index (χ4v) is 2.05. The largest absolute Gasteiger partial charge is 0.349 e. The van der Waals surface area contributed by atoms with Gasteiger partial charge in [-0.2, -0.15) is 5.10 Å². The zero-order valence-corrected chi connectivity index (χ0v) is 12.0. The second kappa shape index (κ2) is 6.88. The molecule has 0 saturated carbocycles. The van der Waals surface area contributed by atoms with Crippen molar-refractivity contribution in [1.29, 1.82) is 0 Å². The summed E-state index contributed by atoms with van der Waals surface area (Å²) in [6.45, 7) is 5.43. The van der Waals surface area contributed by atoms with Crippen molar-refractivity contribution < 1.29 is 4.79 Å². The Hall–Kier alpha value is -2.11. The number of hydrogen-bond donors (Lipinski definition) is 1. The molecule has 0 bridgehead atoms. The molecule has 2 aromatic heterocycles. The maximum absolute atomic E-state index is 11.8. The number of rotatable bonds is 7. The molecule has 6 heteroatoms. The molecular formula is C14H21N5O. The number of hydrogen-bond acceptors (Lipinski definition) is 3. The van der Waals surface area contributed by atoms with Crippen molar-refractivity contribution in [3.05, 3.63) is 36.7 Å². The summed E-state index contributed by atoms with van der Waals surface area (Å²) in [7, 11) is 0. The molecule has 0 saturated heterocycles. The standard InChI is InChI=1S/C14H21N5O/c1-12(2)19-10-7-15-13(19)11-16-14(20)5-3-8-18-9-4-6-17-18/h4,6-7,9-10,12H,3,5,8,11H2,1-2H3,(H,16,20). The monoisotopic (exact) mass is 275 g/mol. The molecule has 2 rings (SSSR count). The van der Waals surface area contributed by atoms with E-state index >= 15 is 0 Å². The van der Waals surface area contributed by atoms with Crippen molar-refractivity contribution >= 4 is 5.91 Å². The number of imidazole rings is 1. The summed E-state index contributed by atoms with van der Waals surface area (Å²) in [5, 5.41) is 7.01. The smallest absolute Gasteiger partial charge is 0.220 e. The lowest BCUT2D eigenvalue weighted by atomic mass is 10.3. The maximum Gasteiger partial charge on any atom is 0.220 e. The van der Waals surface area contributed by atoms with E-state index in [1.54, 1.807) is 12.4 Å². The number of amides is 1. The van der Waals surface area contributed by atoms with Crippen molar-refractivity contribution in [1.82, 2.24) is 24.6 Å². The van der Waals surface area contributed by atoms with Gasteiger partial charge in [0.1, 0.15) is 5.82 Å². The van der Waals surface area contributed by atoms with Gasteiger partial charge in [0.05, 0.1) is 6.54 Å². The van der Waals surface area contributed by atoms with E-state index in [-0.39, 0.29) is 5.91 Å². The zero-order chi connectivity index (χ0) is 14.4. The van der Waals surface area contributed by atoms with E-state index in [1.807, 2.05) is 23.1 Å². The molecule has 0 unspecified atom stereocenters. The van der Waals surface area contributed by atoms with E-state index in [0.717, 1.165) is 18.8 Å². The van der Waals surface area contributed by atoms with Gasteiger partial charge in [-0.1, -0.05) is 0 Å². The van der Waals surface area contributed by atoms with E-state index in [1.165, 1.54) is 0 Å². The quantitative estimate of drug-likeness (QED) is 0.837. The molecule has 1 amide bonds. The van der Waals surface area contributed by atoms with Gasteiger partial charge in [0.2, 0.25) is 5.91 Å². The minimum atomic E-state index is 0.0514. The number of nitrogens with zero attached hydrogens (tertiary/aromatic N) is 4. The predicted octanol–water partition coefficient (Wildman–Crippen LogP) is 1.76. The molecule has 0 aliphatic rings. The highest BCUT2D eigenvalue weighted by molar-refractivity contribution is 5.75. The third-order valence-electron chi connectivity index (χ3n) is 3.10. The van der Waals surface area contributed by atoms with Crippen LogP contribution in [-0.2, 0) is 17.9 Å². The summed E-state index contributed by atoms with van der Waals surface area (Å²) in [5.41, 5.74) is 0. The number of carbonyl (C=O) groups is 1. The topological polar surface area (TPSA) is 64.7 Å². The summed E-state index contributed by atoms with van der Waals surface area (Å²) in [6.07, 6.45) is 8.63. The summed E-state index contributed by atoms with van der Waals surface area (Å²) < 4.78 is 3.89. The Kier molecular flexibility index (Phi) is 4.92. The Morgan fingerprint density at radius 3 is 2.90 bits per heavy atom. The van der Waals surface area contributed by atoms with E-state index < -0.39 is 0 Å². The van der Waals surface area contributed by atoms with Gasteiger partial charge < -0.3 is 9.88 Å². The fourth-order valence-electron chi connectivity index (χ4n) is 2.05. The summed E-state index contributed by atoms with van der Waals surface area (Å²) in [5.74, 6) is 0.941. The fraction of sp³-hybridized carbons (Fsp3) is 0.500. The first-order chi connectivity index (χ1) is 9.66. The average Bonchev–Trinajstić information content (AvgIpc) is 3.07. The van der Waals surface area contributed by atoms with E-state index in [4.69, 9.17) is 0 Å². The predicted molar refractivity (Wildman–Crippen MR) is 75.9 cm³/mol. The van der Waals surface area contributed by atoms with Crippen molar-refractivity contribution in [2.24, 2.45) is 0 Å². The van der Waals surface area contributed by atoms with Crippen LogP contribution < -0.4 is 5.32 Å². The van der Waals surface area contributed by atoms with Crippen molar-refractivity contribution in [2.75, 3.05) is 0 Å². The van der Waals surface area contributed by atoms with Crippen LogP contribution in [0.15, 0.2) is 30.9 Å². The van der Waals surface area contributed by atoms with Gasteiger partial charge in [-0.05, 0) is 26.3 Å². The highest BCUT2D eigenvalue weighted by atomic mass is 16.1. The lowest BCUT2D eigenvalue weighted by Crippen LogP contribution is -2.25. The second-order valence-electron chi connectivity index (χ2n) is 4.99. The van der Waals surface area contributed by atoms with Crippen molar-refractivity contribution in [2.45, 2.75) is 45.8 Å². The Balaban J connectivity index is 1.71. The Morgan fingerprint density at radius 1 is 1.35 bits per heavy atom. The second-order valence-corrected chi connectivity index (χ2v) is 4.99. The number of nitrogens with one attached hydrogen (secondary N) is 1. The molecule has 6 nitrogen and oxygen atoms in total. The highest BCUT2D eigenvalue weighted by Gasteiger charge is 2.07. The lowest BCUT2D eigenvalue weighted by molar-refractivity contribution is -0.121. The van der Waals surface area contributed by atoms with Crippen LogP contribution in [0.3, 0.4) is 0 Å². The third kappa shape index (κ3) is 3.94. The molecule has 108 valence electrons. The van der Waals surface area contributed by atoms with Gasteiger partial charge in [-0.15, -0.1) is 0 Å². The Bertz CT molecular complexity index is 530. The van der Waals surface area contributed by atoms with Crippen LogP contribution in [0.1, 0.15) is 38.6 Å². The number of carbonyl (C=O) groups excluding carboxylic acids is 1. The highest BCUT2D eigenvalue weighted by Crippen LogP contribution is 2.07. The van der Waals surface area contributed by atoms with Gasteiger partial charge >= 0.3 is 0 Å². The molecule has 1 N–H and O–H groups in total. The molecule has 0 aromatic carbocycles. The van der Waals surface area contributed by atoms with Crippen LogP contribution in [0, 0.1) is 0 Å². The van der Waals surface area contributed by atoms with E-state index in [2.05, 4.69) is 33.8 Å². The van der Waals surface area contributed by atoms with Gasteiger partial charge in [-0.25, -0.2) is 4.98 Å². The molecule has 0 fully saturated rings. The van der Waals surface area contributed by atoms with Gasteiger partial charge in [0.25, 0.3) is 0 Å². The van der Waals surface area contributed by atoms with Crippen LogP contribution in [0.4, 0.5) is 0 Å². The van der Waals surface area contributed by atoms with E-state index in [9.17, 15) is 4.79 Å². The maximum atomic E-state index is 11.8. The molecule has 0 radical (unpaired) electrons. The summed E-state index contributed by atoms with van der Waals surface area (Å²) in [4.78, 5) is 16.0. The molecule has 0 spiro atoms. The summed E-state index contributed by atoms with van der Waals surface area (Å²) in [6, 6.07) is 2.23. The molecule has 0 aliphatic heterocycles. The molecule has 20 heavy (non-hydrogen) atoms. The molecular weight excluding hydrogens is 254 g/mol. The van der Waals surface area contributed by atoms with Crippen molar-refractivity contribution in [3.8, 4) is 0 Å². The minimum absolute atomic E-state index is 0.0514. The zero-order valence-electron chi connectivity index (χ0n) is 12.0. The third-order valence-corrected chi connectivity index (χ3v) is 3.10. The van der Waals surface area contributed by atoms with Crippen molar-refractivity contribution in [3.63, 3.8) is 0 Å². The lowest BCUT2D eigenvalue weighted by Gasteiger charge is -2.12. The SMILES string of the molecule is CC(C)n1ccnc1CNC(=O)CCCn1cccn1. The minimum Gasteiger partial charge on any atom is -0.349 e. The van der Waals surface area contributed by atoms with Crippen LogP contribution >= 0.6 is 0 Å². The Morgan fingerprint density at radius 2 is 2.20 bits per heavy atom. The van der Waals surface area contributed by atoms with Crippen LogP contribution in [0.2, 0.25) is 0 Å². The molecule has 2 heterocycles. The normalized spacial score (nSPS) is 10.9. The first-order valence-corrected chi connectivity index (χ1v) is 6.92. The summed E-state index contributed by atoms with van der Waals surface area (Å²) >= 11 is 0. The van der Waals surface area contributed by atoms with Gasteiger partial charge in [-0.3, -0.25) is 9.48 Å². The molecule has 0 aliphatic carbocycles. The molecule has 0 atom stereocenters. The van der Waals surface area contributed by atoms with Crippen LogP contribution in [0.5, 0.6) is 0 Å². The van der Waals surface area contributed by atoms with Gasteiger partial charge in [0, 0.05) is 43.8 Å².